The van der Waals surface area contributed by atoms with Gasteiger partial charge in [0.2, 0.25) is 5.91 Å². The van der Waals surface area contributed by atoms with Gasteiger partial charge in [-0.1, -0.05) is 19.3 Å². The number of amides is 1. The Balaban J connectivity index is 1.63. The predicted molar refractivity (Wildman–Crippen MR) is 97.5 cm³/mol. The maximum atomic E-state index is 12.6. The highest BCUT2D eigenvalue weighted by Crippen LogP contribution is 2.26. The molecule has 2 N–H and O–H groups in total. The maximum Gasteiger partial charge on any atom is 0.411 e. The van der Waals surface area contributed by atoms with Crippen molar-refractivity contribution in [3.05, 3.63) is 0 Å². The highest BCUT2D eigenvalue weighted by Gasteiger charge is 2.31. The van der Waals surface area contributed by atoms with Gasteiger partial charge in [0.25, 0.3) is 0 Å². The lowest BCUT2D eigenvalue weighted by Gasteiger charge is -2.26. The van der Waals surface area contributed by atoms with E-state index in [1.807, 2.05) is 4.90 Å². The van der Waals surface area contributed by atoms with Crippen LogP contribution in [0.25, 0.3) is 0 Å². The Morgan fingerprint density at radius 2 is 1.96 bits per heavy atom. The van der Waals surface area contributed by atoms with Crippen molar-refractivity contribution in [1.82, 2.24) is 15.5 Å². The molecule has 0 radical (unpaired) electrons. The first-order chi connectivity index (χ1) is 12.9. The third-order valence-corrected chi connectivity index (χ3v) is 5.04. The van der Waals surface area contributed by atoms with E-state index in [4.69, 9.17) is 0 Å². The molecule has 156 valence electrons. The van der Waals surface area contributed by atoms with E-state index >= 15 is 0 Å². The predicted octanol–water partition coefficient (Wildman–Crippen LogP) is 2.30. The molecule has 9 heteroatoms. The minimum absolute atomic E-state index is 0.0383. The van der Waals surface area contributed by atoms with Crippen LogP contribution in [0, 0.1) is 5.92 Å². The molecule has 2 fully saturated rings. The summed E-state index contributed by atoms with van der Waals surface area (Å²) >= 11 is 0. The molecule has 1 aliphatic carbocycles. The van der Waals surface area contributed by atoms with Crippen LogP contribution in [0.2, 0.25) is 0 Å². The van der Waals surface area contributed by atoms with Gasteiger partial charge in [-0.05, 0) is 25.7 Å². The average molecular weight is 392 g/mol. The Bertz CT molecular complexity index is 493. The Morgan fingerprint density at radius 1 is 1.22 bits per heavy atom. The van der Waals surface area contributed by atoms with Gasteiger partial charge < -0.3 is 20.3 Å². The van der Waals surface area contributed by atoms with Gasteiger partial charge in [0, 0.05) is 45.2 Å². The van der Waals surface area contributed by atoms with Crippen molar-refractivity contribution in [2.45, 2.75) is 57.2 Å². The van der Waals surface area contributed by atoms with Gasteiger partial charge in [-0.2, -0.15) is 13.2 Å². The van der Waals surface area contributed by atoms with Gasteiger partial charge >= 0.3 is 6.18 Å². The van der Waals surface area contributed by atoms with Gasteiger partial charge in [-0.15, -0.1) is 0 Å². The standard InChI is InChI=1S/C18H31F3N4O2/c1-22-17(23-9-5-11-27-13-18(19,20)21)24-15-8-10-25(12-15)16(26)14-6-3-2-4-7-14/h14-15H,2-13H2,1H3,(H2,22,23,24). The second kappa shape index (κ2) is 10.7. The fourth-order valence-electron chi connectivity index (χ4n) is 3.64. The zero-order valence-corrected chi connectivity index (χ0v) is 16.0. The molecule has 2 rings (SSSR count). The van der Waals surface area contributed by atoms with Crippen molar-refractivity contribution >= 4 is 11.9 Å². The molecule has 1 unspecified atom stereocenters. The molecule has 0 aromatic carbocycles. The van der Waals surface area contributed by atoms with Crippen molar-refractivity contribution in [3.63, 3.8) is 0 Å². The first kappa shape index (κ1) is 21.8. The number of guanidine groups is 1. The van der Waals surface area contributed by atoms with Gasteiger partial charge in [-0.3, -0.25) is 9.79 Å². The molecule has 0 aromatic rings. The van der Waals surface area contributed by atoms with Gasteiger partial charge in [0.1, 0.15) is 6.61 Å². The van der Waals surface area contributed by atoms with E-state index in [-0.39, 0.29) is 24.5 Å². The number of halogens is 3. The topological polar surface area (TPSA) is 66.0 Å². The zero-order valence-electron chi connectivity index (χ0n) is 16.0. The van der Waals surface area contributed by atoms with E-state index in [2.05, 4.69) is 20.4 Å². The molecule has 0 aromatic heterocycles. The Morgan fingerprint density at radius 3 is 2.63 bits per heavy atom. The summed E-state index contributed by atoms with van der Waals surface area (Å²) in [4.78, 5) is 18.7. The second-order valence-corrected chi connectivity index (χ2v) is 7.27. The smallest absolute Gasteiger partial charge is 0.372 e. The summed E-state index contributed by atoms with van der Waals surface area (Å²) in [5.74, 6) is 1.07. The summed E-state index contributed by atoms with van der Waals surface area (Å²) in [7, 11) is 1.65. The van der Waals surface area contributed by atoms with Gasteiger partial charge in [-0.25, -0.2) is 0 Å². The minimum atomic E-state index is -4.28. The van der Waals surface area contributed by atoms with Crippen LogP contribution in [0.1, 0.15) is 44.9 Å². The van der Waals surface area contributed by atoms with Crippen LogP contribution < -0.4 is 10.6 Å². The molecule has 0 spiro atoms. The lowest BCUT2D eigenvalue weighted by atomic mass is 9.88. The van der Waals surface area contributed by atoms with Gasteiger partial charge in [0.05, 0.1) is 0 Å². The van der Waals surface area contributed by atoms with Crippen LogP contribution in [0.15, 0.2) is 4.99 Å². The van der Waals surface area contributed by atoms with Crippen molar-refractivity contribution in [3.8, 4) is 0 Å². The first-order valence-corrected chi connectivity index (χ1v) is 9.79. The zero-order chi connectivity index (χ0) is 19.7. The lowest BCUT2D eigenvalue weighted by Crippen LogP contribution is -2.45. The van der Waals surface area contributed by atoms with E-state index < -0.39 is 12.8 Å². The van der Waals surface area contributed by atoms with Crippen LogP contribution >= 0.6 is 0 Å². The Hall–Kier alpha value is -1.51. The third kappa shape index (κ3) is 7.94. The molecular formula is C18H31F3N4O2. The monoisotopic (exact) mass is 392 g/mol. The Kier molecular flexibility index (Phi) is 8.66. The number of likely N-dealkylation sites (tertiary alicyclic amines) is 1. The van der Waals surface area contributed by atoms with Crippen molar-refractivity contribution in [1.29, 1.82) is 0 Å². The summed E-state index contributed by atoms with van der Waals surface area (Å²) < 4.78 is 40.5. The molecule has 1 saturated carbocycles. The quantitative estimate of drug-likeness (QED) is 0.396. The molecule has 2 aliphatic rings. The van der Waals surface area contributed by atoms with E-state index in [0.29, 0.717) is 25.5 Å². The van der Waals surface area contributed by atoms with Crippen LogP contribution in [-0.2, 0) is 9.53 Å². The molecule has 0 bridgehead atoms. The fourth-order valence-corrected chi connectivity index (χ4v) is 3.64. The largest absolute Gasteiger partial charge is 0.411 e. The molecule has 1 amide bonds. The minimum Gasteiger partial charge on any atom is -0.372 e. The number of nitrogens with one attached hydrogen (secondary N) is 2. The average Bonchev–Trinajstić information content (AvgIpc) is 3.11. The molecule has 27 heavy (non-hydrogen) atoms. The van der Waals surface area contributed by atoms with Crippen molar-refractivity contribution in [2.75, 3.05) is 39.9 Å². The molecule has 1 aliphatic heterocycles. The lowest BCUT2D eigenvalue weighted by molar-refractivity contribution is -0.173. The summed E-state index contributed by atoms with van der Waals surface area (Å²) in [5.41, 5.74) is 0. The van der Waals surface area contributed by atoms with Crippen LogP contribution in [0.3, 0.4) is 0 Å². The number of rotatable bonds is 7. The molecular weight excluding hydrogens is 361 g/mol. The number of carbonyl (C=O) groups excluding carboxylic acids is 1. The van der Waals surface area contributed by atoms with E-state index in [9.17, 15) is 18.0 Å². The number of ether oxygens (including phenoxy) is 1. The number of hydrogen-bond acceptors (Lipinski definition) is 3. The van der Waals surface area contributed by atoms with E-state index in [1.165, 1.54) is 6.42 Å². The maximum absolute atomic E-state index is 12.6. The van der Waals surface area contributed by atoms with Crippen LogP contribution in [-0.4, -0.2) is 68.9 Å². The number of hydrogen-bond donors (Lipinski definition) is 2. The third-order valence-electron chi connectivity index (χ3n) is 5.04. The van der Waals surface area contributed by atoms with Crippen LogP contribution in [0.4, 0.5) is 13.2 Å². The normalized spacial score (nSPS) is 22.1. The van der Waals surface area contributed by atoms with Crippen molar-refractivity contribution < 1.29 is 22.7 Å². The first-order valence-electron chi connectivity index (χ1n) is 9.79. The molecule has 1 atom stereocenters. The SMILES string of the molecule is CN=C(NCCCOCC(F)(F)F)NC1CCN(C(=O)C2CCCCC2)C1. The summed E-state index contributed by atoms with van der Waals surface area (Å²) in [5, 5.41) is 6.37. The number of alkyl halides is 3. The summed E-state index contributed by atoms with van der Waals surface area (Å²) in [6.45, 7) is 0.721. The Labute approximate surface area is 158 Å². The number of nitrogens with zero attached hydrogens (tertiary/aromatic N) is 2. The number of carbonyl (C=O) groups is 1. The van der Waals surface area contributed by atoms with Crippen molar-refractivity contribution in [2.24, 2.45) is 10.9 Å². The second-order valence-electron chi connectivity index (χ2n) is 7.27. The fraction of sp³-hybridized carbons (Fsp3) is 0.889. The summed E-state index contributed by atoms with van der Waals surface area (Å²) in [6, 6.07) is 0.144. The van der Waals surface area contributed by atoms with Gasteiger partial charge in [0.15, 0.2) is 5.96 Å². The summed E-state index contributed by atoms with van der Waals surface area (Å²) in [6.07, 6.45) is 2.58. The van der Waals surface area contributed by atoms with Crippen LogP contribution in [0.5, 0.6) is 0 Å². The van der Waals surface area contributed by atoms with E-state index in [1.54, 1.807) is 7.05 Å². The molecule has 1 saturated heterocycles. The number of aliphatic imine (C=N–C) groups is 1. The molecule has 6 nitrogen and oxygen atoms in total. The van der Waals surface area contributed by atoms with E-state index in [0.717, 1.165) is 38.6 Å². The highest BCUT2D eigenvalue weighted by molar-refractivity contribution is 5.81. The highest BCUT2D eigenvalue weighted by atomic mass is 19.4. The molecule has 1 heterocycles.